The molecular formula is C33H24N2O8. The second-order valence-electron chi connectivity index (χ2n) is 10.9. The standard InChI is InChI=1S/C33H24N2O8/c1-13-4-7-17(8-5-13)35-33(42)22-16(12-34-35)10-15-6-9-18-23(21(15)29(22)39)30(40)25-26(32(18)43-3)31(41)24-19(28(25)38)11-20(36)14(2)27(24)37/h4-5,7-8,10-12,36-37,39-40H,6,9H2,1-3H3. The van der Waals surface area contributed by atoms with Crippen LogP contribution in [-0.4, -0.2) is 48.9 Å². The van der Waals surface area contributed by atoms with Crippen LogP contribution in [0.15, 0.2) is 47.4 Å². The number of carbonyl (C=O) groups excluding carboxylic acids is 2. The molecule has 10 nitrogen and oxygen atoms in total. The maximum absolute atomic E-state index is 13.8. The second-order valence-corrected chi connectivity index (χ2v) is 10.9. The topological polar surface area (TPSA) is 159 Å². The molecule has 0 amide bonds. The first-order chi connectivity index (χ1) is 20.5. The van der Waals surface area contributed by atoms with E-state index in [1.165, 1.54) is 24.9 Å². The largest absolute Gasteiger partial charge is 0.508 e. The zero-order chi connectivity index (χ0) is 30.5. The number of aromatic nitrogens is 2. The van der Waals surface area contributed by atoms with Gasteiger partial charge >= 0.3 is 0 Å². The highest BCUT2D eigenvalue weighted by Gasteiger charge is 2.42. The molecule has 0 spiro atoms. The number of fused-ring (bicyclic) bond motifs is 6. The molecule has 0 saturated heterocycles. The summed E-state index contributed by atoms with van der Waals surface area (Å²) in [6.07, 6.45) is 2.12. The van der Waals surface area contributed by atoms with E-state index in [1.807, 2.05) is 19.1 Å². The van der Waals surface area contributed by atoms with Crippen LogP contribution in [0.3, 0.4) is 0 Å². The van der Waals surface area contributed by atoms with Gasteiger partial charge in [0.2, 0.25) is 5.78 Å². The number of ether oxygens (including phenoxy) is 1. The molecule has 0 atom stereocenters. The number of hydrogen-bond acceptors (Lipinski definition) is 9. The first kappa shape index (κ1) is 26.3. The van der Waals surface area contributed by atoms with Crippen LogP contribution in [-0.2, 0) is 12.8 Å². The third kappa shape index (κ3) is 3.40. The van der Waals surface area contributed by atoms with Crippen molar-refractivity contribution in [1.29, 1.82) is 0 Å². The molecule has 0 aliphatic heterocycles. The molecule has 4 N–H and O–H groups in total. The lowest BCUT2D eigenvalue weighted by molar-refractivity contribution is 0.0971. The Morgan fingerprint density at radius 3 is 2.21 bits per heavy atom. The van der Waals surface area contributed by atoms with Crippen molar-refractivity contribution >= 4 is 22.3 Å². The first-order valence-corrected chi connectivity index (χ1v) is 13.5. The Bertz CT molecular complexity index is 2180. The molecule has 5 aromatic rings. The van der Waals surface area contributed by atoms with Gasteiger partial charge in [-0.15, -0.1) is 0 Å². The smallest absolute Gasteiger partial charge is 0.283 e. The molecule has 10 heteroatoms. The Morgan fingerprint density at radius 1 is 0.791 bits per heavy atom. The summed E-state index contributed by atoms with van der Waals surface area (Å²) in [5.41, 5.74) is 0.959. The number of benzene rings is 4. The van der Waals surface area contributed by atoms with Gasteiger partial charge in [-0.25, -0.2) is 0 Å². The summed E-state index contributed by atoms with van der Waals surface area (Å²) >= 11 is 0. The minimum atomic E-state index is -0.813. The van der Waals surface area contributed by atoms with Gasteiger partial charge in [0, 0.05) is 33.2 Å². The van der Waals surface area contributed by atoms with Crippen LogP contribution in [0.1, 0.15) is 54.1 Å². The van der Waals surface area contributed by atoms with Crippen molar-refractivity contribution in [3.8, 4) is 45.6 Å². The average molecular weight is 577 g/mol. The van der Waals surface area contributed by atoms with E-state index in [0.717, 1.165) is 11.6 Å². The van der Waals surface area contributed by atoms with Crippen molar-refractivity contribution in [2.75, 3.05) is 7.11 Å². The van der Waals surface area contributed by atoms with Crippen LogP contribution in [0, 0.1) is 13.8 Å². The van der Waals surface area contributed by atoms with Crippen molar-refractivity contribution in [2.24, 2.45) is 0 Å². The molecule has 214 valence electrons. The van der Waals surface area contributed by atoms with E-state index in [4.69, 9.17) is 4.74 Å². The summed E-state index contributed by atoms with van der Waals surface area (Å²) in [6, 6.07) is 9.94. The summed E-state index contributed by atoms with van der Waals surface area (Å²) in [5.74, 6) is -3.44. The number of aromatic hydroxyl groups is 4. The van der Waals surface area contributed by atoms with Gasteiger partial charge in [-0.3, -0.25) is 14.4 Å². The lowest BCUT2D eigenvalue weighted by atomic mass is 9.75. The molecule has 43 heavy (non-hydrogen) atoms. The lowest BCUT2D eigenvalue weighted by Crippen LogP contribution is -2.24. The van der Waals surface area contributed by atoms with Crippen molar-refractivity contribution in [1.82, 2.24) is 9.78 Å². The summed E-state index contributed by atoms with van der Waals surface area (Å²) in [5, 5.41) is 49.1. The quantitative estimate of drug-likeness (QED) is 0.235. The average Bonchev–Trinajstić information content (AvgIpc) is 2.99. The number of phenols is 4. The number of rotatable bonds is 2. The van der Waals surface area contributed by atoms with E-state index in [1.54, 1.807) is 18.2 Å². The zero-order valence-corrected chi connectivity index (χ0v) is 23.3. The van der Waals surface area contributed by atoms with E-state index < -0.39 is 40.1 Å². The molecule has 0 radical (unpaired) electrons. The Hall–Kier alpha value is -5.64. The third-order valence-corrected chi connectivity index (χ3v) is 8.49. The molecule has 2 aliphatic carbocycles. The van der Waals surface area contributed by atoms with Crippen molar-refractivity contribution in [2.45, 2.75) is 26.7 Å². The van der Waals surface area contributed by atoms with Crippen LogP contribution in [0.5, 0.6) is 28.7 Å². The molecule has 0 saturated carbocycles. The van der Waals surface area contributed by atoms with Gasteiger partial charge in [0.1, 0.15) is 28.7 Å². The predicted octanol–water partition coefficient (Wildman–Crippen LogP) is 4.37. The number of methoxy groups -OCH3 is 1. The normalized spacial score (nSPS) is 13.4. The number of phenolic OH excluding ortho intramolecular Hbond substituents is 4. The van der Waals surface area contributed by atoms with Crippen LogP contribution < -0.4 is 10.3 Å². The van der Waals surface area contributed by atoms with Crippen LogP contribution in [0.4, 0.5) is 0 Å². The van der Waals surface area contributed by atoms with Crippen LogP contribution in [0.2, 0.25) is 0 Å². The van der Waals surface area contributed by atoms with E-state index in [2.05, 4.69) is 5.10 Å². The zero-order valence-electron chi connectivity index (χ0n) is 23.3. The second kappa shape index (κ2) is 8.93. The van der Waals surface area contributed by atoms with E-state index in [-0.39, 0.29) is 56.5 Å². The summed E-state index contributed by atoms with van der Waals surface area (Å²) in [6.45, 7) is 3.32. The van der Waals surface area contributed by atoms with E-state index >= 15 is 0 Å². The summed E-state index contributed by atoms with van der Waals surface area (Å²) in [7, 11) is 1.32. The molecule has 0 fully saturated rings. The number of aryl methyl sites for hydroxylation is 2. The maximum atomic E-state index is 13.8. The van der Waals surface area contributed by atoms with Crippen molar-refractivity contribution < 1.29 is 34.8 Å². The first-order valence-electron chi connectivity index (χ1n) is 13.5. The van der Waals surface area contributed by atoms with Crippen molar-refractivity contribution in [3.05, 3.63) is 97.5 Å². The fourth-order valence-electron chi connectivity index (χ4n) is 6.31. The maximum Gasteiger partial charge on any atom is 0.283 e. The minimum Gasteiger partial charge on any atom is -0.508 e. The van der Waals surface area contributed by atoms with Crippen LogP contribution in [0.25, 0.3) is 27.6 Å². The fourth-order valence-corrected chi connectivity index (χ4v) is 6.31. The lowest BCUT2D eigenvalue weighted by Gasteiger charge is -2.29. The number of hydrogen-bond donors (Lipinski definition) is 4. The highest BCUT2D eigenvalue weighted by Crippen LogP contribution is 2.54. The van der Waals surface area contributed by atoms with Crippen molar-refractivity contribution in [3.63, 3.8) is 0 Å². The number of ketones is 2. The predicted molar refractivity (Wildman–Crippen MR) is 156 cm³/mol. The van der Waals surface area contributed by atoms with Gasteiger partial charge in [0.25, 0.3) is 5.56 Å². The van der Waals surface area contributed by atoms with Gasteiger partial charge in [-0.1, -0.05) is 17.7 Å². The Kier molecular flexibility index (Phi) is 5.45. The Labute approximate surface area is 243 Å². The molecule has 0 bridgehead atoms. The number of carbonyl (C=O) groups is 2. The SMILES string of the molecule is COc1c2c(c(O)c3c1C(=O)c1c(cc(O)c(C)c1O)C3=O)-c1c(cc3cnn(-c4ccc(C)cc4)c(=O)c3c1O)CC2. The number of nitrogens with zero attached hydrogens (tertiary/aromatic N) is 2. The van der Waals surface area contributed by atoms with Gasteiger partial charge in [0.05, 0.1) is 41.1 Å². The molecule has 1 aromatic heterocycles. The van der Waals surface area contributed by atoms with E-state index in [9.17, 15) is 34.8 Å². The monoisotopic (exact) mass is 576 g/mol. The van der Waals surface area contributed by atoms with Gasteiger partial charge < -0.3 is 25.2 Å². The summed E-state index contributed by atoms with van der Waals surface area (Å²) < 4.78 is 6.85. The van der Waals surface area contributed by atoms with E-state index in [0.29, 0.717) is 28.6 Å². The molecular weight excluding hydrogens is 552 g/mol. The van der Waals surface area contributed by atoms with Gasteiger partial charge in [0.15, 0.2) is 5.78 Å². The summed E-state index contributed by atoms with van der Waals surface area (Å²) in [4.78, 5) is 41.3. The molecule has 2 aliphatic rings. The molecule has 1 heterocycles. The third-order valence-electron chi connectivity index (χ3n) is 8.49. The molecule has 0 unspecified atom stereocenters. The van der Waals surface area contributed by atoms with Gasteiger partial charge in [-0.05, 0) is 56.5 Å². The molecule has 4 aromatic carbocycles. The highest BCUT2D eigenvalue weighted by molar-refractivity contribution is 6.32. The fraction of sp³-hybridized carbons (Fsp3) is 0.152. The van der Waals surface area contributed by atoms with Crippen LogP contribution >= 0.6 is 0 Å². The van der Waals surface area contributed by atoms with Gasteiger partial charge in [-0.2, -0.15) is 9.78 Å². The highest BCUT2D eigenvalue weighted by atomic mass is 16.5. The molecule has 7 rings (SSSR count). The Balaban J connectivity index is 1.54. The Morgan fingerprint density at radius 2 is 1.51 bits per heavy atom. The minimum absolute atomic E-state index is 0.0221.